The Kier molecular flexibility index (Phi) is 5.42. The molecule has 0 spiro atoms. The predicted octanol–water partition coefficient (Wildman–Crippen LogP) is 4.20. The number of fused-ring (bicyclic) bond motifs is 1. The highest BCUT2D eigenvalue weighted by atomic mass is 16.2. The van der Waals surface area contributed by atoms with Gasteiger partial charge >= 0.3 is 6.03 Å². The van der Waals surface area contributed by atoms with Gasteiger partial charge in [0, 0.05) is 54.9 Å². The molecular weight excluding hydrogens is 362 g/mol. The smallest absolute Gasteiger partial charge is 0.319 e. The fourth-order valence-electron chi connectivity index (χ4n) is 3.70. The number of carbonyl (C=O) groups excluding carboxylic acids is 1. The van der Waals surface area contributed by atoms with Crippen LogP contribution in [0, 0.1) is 6.92 Å². The Bertz CT molecular complexity index is 1000. The van der Waals surface area contributed by atoms with Crippen LogP contribution in [-0.4, -0.2) is 36.1 Å². The van der Waals surface area contributed by atoms with E-state index >= 15 is 0 Å². The molecule has 1 aliphatic heterocycles. The summed E-state index contributed by atoms with van der Waals surface area (Å²) >= 11 is 0. The molecule has 6 nitrogen and oxygen atoms in total. The predicted molar refractivity (Wildman–Crippen MR) is 116 cm³/mol. The van der Waals surface area contributed by atoms with Crippen LogP contribution in [0.3, 0.4) is 0 Å². The summed E-state index contributed by atoms with van der Waals surface area (Å²) in [6, 6.07) is 17.6. The van der Waals surface area contributed by atoms with Gasteiger partial charge in [-0.2, -0.15) is 0 Å². The van der Waals surface area contributed by atoms with Crippen molar-refractivity contribution in [1.82, 2.24) is 15.3 Å². The van der Waals surface area contributed by atoms with E-state index in [-0.39, 0.29) is 6.03 Å². The molecule has 2 aromatic carbocycles. The molecule has 0 fully saturated rings. The number of nitrogens with zero attached hydrogens (tertiary/aromatic N) is 3. The third-order valence-corrected chi connectivity index (χ3v) is 5.31. The number of benzene rings is 2. The fraction of sp³-hybridized carbons (Fsp3) is 0.261. The van der Waals surface area contributed by atoms with Crippen LogP contribution in [0.2, 0.25) is 0 Å². The van der Waals surface area contributed by atoms with E-state index < -0.39 is 0 Å². The van der Waals surface area contributed by atoms with E-state index in [0.29, 0.717) is 18.3 Å². The molecule has 2 amide bonds. The largest absolute Gasteiger partial charge is 0.374 e. The molecule has 2 heterocycles. The van der Waals surface area contributed by atoms with Crippen molar-refractivity contribution < 1.29 is 4.79 Å². The van der Waals surface area contributed by atoms with Gasteiger partial charge in [-0.1, -0.05) is 18.2 Å². The van der Waals surface area contributed by atoms with Crippen molar-refractivity contribution >= 4 is 17.4 Å². The highest BCUT2D eigenvalue weighted by Gasteiger charge is 2.23. The van der Waals surface area contributed by atoms with Gasteiger partial charge in [-0.25, -0.2) is 14.8 Å². The lowest BCUT2D eigenvalue weighted by Gasteiger charge is -2.33. The SMILES string of the molecule is Cc1ccnc(-c2ccc(NC(=O)NCC3CCN(C)c4ccccc43)cc2)n1. The minimum absolute atomic E-state index is 0.194. The van der Waals surface area contributed by atoms with Crippen molar-refractivity contribution in [3.63, 3.8) is 0 Å². The van der Waals surface area contributed by atoms with Gasteiger partial charge in [-0.3, -0.25) is 0 Å². The Morgan fingerprint density at radius 2 is 1.93 bits per heavy atom. The molecule has 4 rings (SSSR count). The number of aryl methyl sites for hydroxylation is 1. The molecule has 1 aromatic heterocycles. The van der Waals surface area contributed by atoms with Crippen molar-refractivity contribution in [3.8, 4) is 11.4 Å². The zero-order valence-electron chi connectivity index (χ0n) is 16.7. The van der Waals surface area contributed by atoms with E-state index in [2.05, 4.69) is 56.8 Å². The van der Waals surface area contributed by atoms with E-state index in [1.807, 2.05) is 37.3 Å². The Labute approximate surface area is 171 Å². The first-order valence-electron chi connectivity index (χ1n) is 9.85. The fourth-order valence-corrected chi connectivity index (χ4v) is 3.70. The number of anilines is 2. The molecule has 0 bridgehead atoms. The van der Waals surface area contributed by atoms with E-state index in [9.17, 15) is 4.79 Å². The summed E-state index contributed by atoms with van der Waals surface area (Å²) in [6.45, 7) is 3.55. The molecule has 0 aliphatic carbocycles. The monoisotopic (exact) mass is 387 g/mol. The summed E-state index contributed by atoms with van der Waals surface area (Å²) in [4.78, 5) is 23.4. The Hall–Kier alpha value is -3.41. The number of carbonyl (C=O) groups is 1. The van der Waals surface area contributed by atoms with Gasteiger partial charge in [0.15, 0.2) is 5.82 Å². The molecule has 2 N–H and O–H groups in total. The second-order valence-electron chi connectivity index (χ2n) is 7.40. The summed E-state index contributed by atoms with van der Waals surface area (Å²) in [5, 5.41) is 5.92. The second kappa shape index (κ2) is 8.31. The average molecular weight is 387 g/mol. The van der Waals surface area contributed by atoms with Gasteiger partial charge in [0.2, 0.25) is 0 Å². The number of aromatic nitrogens is 2. The zero-order chi connectivity index (χ0) is 20.2. The lowest BCUT2D eigenvalue weighted by molar-refractivity contribution is 0.251. The minimum atomic E-state index is -0.194. The maximum Gasteiger partial charge on any atom is 0.319 e. The molecule has 1 unspecified atom stereocenters. The second-order valence-corrected chi connectivity index (χ2v) is 7.40. The highest BCUT2D eigenvalue weighted by molar-refractivity contribution is 5.89. The number of hydrogen-bond acceptors (Lipinski definition) is 4. The van der Waals surface area contributed by atoms with Gasteiger partial charge < -0.3 is 15.5 Å². The first kappa shape index (κ1) is 18.9. The standard InChI is InChI=1S/C23H25N5O/c1-16-11-13-24-22(26-16)17-7-9-19(10-8-17)27-23(29)25-15-18-12-14-28(2)21-6-4-3-5-20(18)21/h3-11,13,18H,12,14-15H2,1-2H3,(H2,25,27,29). The van der Waals surface area contributed by atoms with E-state index in [0.717, 1.165) is 29.9 Å². The van der Waals surface area contributed by atoms with Crippen LogP contribution >= 0.6 is 0 Å². The van der Waals surface area contributed by atoms with Crippen molar-refractivity contribution in [2.24, 2.45) is 0 Å². The van der Waals surface area contributed by atoms with Crippen LogP contribution in [0.25, 0.3) is 11.4 Å². The Morgan fingerprint density at radius 1 is 1.14 bits per heavy atom. The molecule has 0 saturated carbocycles. The number of rotatable bonds is 4. The number of amides is 2. The normalized spacial score (nSPS) is 15.5. The molecule has 1 atom stereocenters. The van der Waals surface area contributed by atoms with Gasteiger partial charge in [-0.15, -0.1) is 0 Å². The Balaban J connectivity index is 1.35. The first-order valence-corrected chi connectivity index (χ1v) is 9.85. The third-order valence-electron chi connectivity index (χ3n) is 5.31. The number of urea groups is 1. The van der Waals surface area contributed by atoms with Crippen LogP contribution in [-0.2, 0) is 0 Å². The van der Waals surface area contributed by atoms with Crippen molar-refractivity contribution in [2.75, 3.05) is 30.4 Å². The average Bonchev–Trinajstić information content (AvgIpc) is 2.74. The lowest BCUT2D eigenvalue weighted by atomic mass is 9.90. The molecule has 3 aromatic rings. The van der Waals surface area contributed by atoms with Crippen LogP contribution in [0.5, 0.6) is 0 Å². The van der Waals surface area contributed by atoms with Gasteiger partial charge in [0.25, 0.3) is 0 Å². The Morgan fingerprint density at radius 3 is 2.72 bits per heavy atom. The number of hydrogen-bond donors (Lipinski definition) is 2. The maximum absolute atomic E-state index is 12.4. The topological polar surface area (TPSA) is 70.2 Å². The molecule has 1 aliphatic rings. The molecule has 29 heavy (non-hydrogen) atoms. The number of nitrogens with one attached hydrogen (secondary N) is 2. The quantitative estimate of drug-likeness (QED) is 0.704. The van der Waals surface area contributed by atoms with Crippen LogP contribution in [0.4, 0.5) is 16.2 Å². The molecule has 6 heteroatoms. The summed E-state index contributed by atoms with van der Waals surface area (Å²) in [5.41, 5.74) is 5.13. The van der Waals surface area contributed by atoms with E-state index in [1.54, 1.807) is 6.20 Å². The lowest BCUT2D eigenvalue weighted by Crippen LogP contribution is -2.36. The summed E-state index contributed by atoms with van der Waals surface area (Å²) in [5.74, 6) is 1.01. The third kappa shape index (κ3) is 4.37. The molecular formula is C23H25N5O. The summed E-state index contributed by atoms with van der Waals surface area (Å²) < 4.78 is 0. The zero-order valence-corrected chi connectivity index (χ0v) is 16.7. The minimum Gasteiger partial charge on any atom is -0.374 e. The maximum atomic E-state index is 12.4. The highest BCUT2D eigenvalue weighted by Crippen LogP contribution is 2.33. The van der Waals surface area contributed by atoms with Gasteiger partial charge in [0.1, 0.15) is 0 Å². The van der Waals surface area contributed by atoms with Crippen LogP contribution in [0.15, 0.2) is 60.8 Å². The van der Waals surface area contributed by atoms with Crippen molar-refractivity contribution in [2.45, 2.75) is 19.3 Å². The first-order chi connectivity index (χ1) is 14.1. The summed E-state index contributed by atoms with van der Waals surface area (Å²) in [6.07, 6.45) is 2.78. The van der Waals surface area contributed by atoms with E-state index in [4.69, 9.17) is 0 Å². The molecule has 0 saturated heterocycles. The summed E-state index contributed by atoms with van der Waals surface area (Å²) in [7, 11) is 2.11. The van der Waals surface area contributed by atoms with Crippen molar-refractivity contribution in [3.05, 3.63) is 72.1 Å². The van der Waals surface area contributed by atoms with Gasteiger partial charge in [-0.05, 0) is 55.3 Å². The van der Waals surface area contributed by atoms with Gasteiger partial charge in [0.05, 0.1) is 0 Å². The van der Waals surface area contributed by atoms with E-state index in [1.165, 1.54) is 11.3 Å². The molecule has 148 valence electrons. The van der Waals surface area contributed by atoms with Crippen LogP contribution < -0.4 is 15.5 Å². The van der Waals surface area contributed by atoms with Crippen LogP contribution in [0.1, 0.15) is 23.6 Å². The number of para-hydroxylation sites is 1. The van der Waals surface area contributed by atoms with Crippen molar-refractivity contribution in [1.29, 1.82) is 0 Å². The molecule has 0 radical (unpaired) electrons.